The first-order chi connectivity index (χ1) is 5.15. The summed E-state index contributed by atoms with van der Waals surface area (Å²) in [7, 11) is 0. The molecule has 4 nitrogen and oxygen atoms in total. The number of halogens is 2. The average molecular weight is 192 g/mol. The van der Waals surface area contributed by atoms with Gasteiger partial charge in [-0.05, 0) is 23.7 Å². The van der Waals surface area contributed by atoms with Crippen LogP contribution in [0.2, 0.25) is 10.4 Å². The third-order valence-electron chi connectivity index (χ3n) is 1.08. The van der Waals surface area contributed by atoms with E-state index < -0.39 is 0 Å². The molecule has 0 aromatic carbocycles. The molecule has 0 aliphatic rings. The summed E-state index contributed by atoms with van der Waals surface area (Å²) in [5, 5.41) is 2.64. The molecule has 0 bridgehead atoms. The van der Waals surface area contributed by atoms with Gasteiger partial charge in [0, 0.05) is 0 Å². The first kappa shape index (κ1) is 8.36. The monoisotopic (exact) mass is 191 g/mol. The van der Waals surface area contributed by atoms with Crippen LogP contribution in [-0.4, -0.2) is 9.97 Å². The van der Waals surface area contributed by atoms with Crippen molar-refractivity contribution < 1.29 is 0 Å². The Balaban J connectivity index is 3.36. The predicted molar refractivity (Wildman–Crippen MR) is 42.2 cm³/mol. The van der Waals surface area contributed by atoms with Gasteiger partial charge in [0.05, 0.1) is 5.69 Å². The number of hydrogen-bond acceptors (Lipinski definition) is 4. The van der Waals surface area contributed by atoms with E-state index in [4.69, 9.17) is 23.2 Å². The van der Waals surface area contributed by atoms with Crippen LogP contribution in [0.1, 0.15) is 5.69 Å². The summed E-state index contributed by atoms with van der Waals surface area (Å²) in [5.74, 6) is 0. The normalized spacial score (nSPS) is 9.73. The zero-order valence-electron chi connectivity index (χ0n) is 5.51. The highest BCUT2D eigenvalue weighted by Gasteiger charge is 2.08. The minimum atomic E-state index is -0.0162. The summed E-state index contributed by atoms with van der Waals surface area (Å²) in [6.45, 7) is 1.58. The van der Waals surface area contributed by atoms with E-state index in [0.29, 0.717) is 5.69 Å². The Kier molecular flexibility index (Phi) is 2.36. The quantitative estimate of drug-likeness (QED) is 0.390. The second-order valence-electron chi connectivity index (χ2n) is 1.81. The summed E-state index contributed by atoms with van der Waals surface area (Å²) in [6, 6.07) is 0. The van der Waals surface area contributed by atoms with E-state index in [2.05, 4.69) is 15.1 Å². The molecule has 11 heavy (non-hydrogen) atoms. The fourth-order valence-electron chi connectivity index (χ4n) is 0.603. The molecular weight excluding hydrogens is 189 g/mol. The van der Waals surface area contributed by atoms with Crippen molar-refractivity contribution in [2.45, 2.75) is 6.92 Å². The minimum Gasteiger partial charge on any atom is -0.221 e. The van der Waals surface area contributed by atoms with Crippen molar-refractivity contribution in [3.05, 3.63) is 21.0 Å². The highest BCUT2D eigenvalue weighted by molar-refractivity contribution is 6.33. The zero-order valence-corrected chi connectivity index (χ0v) is 7.02. The first-order valence-corrected chi connectivity index (χ1v) is 3.43. The smallest absolute Gasteiger partial charge is 0.221 e. The van der Waals surface area contributed by atoms with E-state index >= 15 is 0 Å². The van der Waals surface area contributed by atoms with Crippen molar-refractivity contribution >= 4 is 28.9 Å². The lowest BCUT2D eigenvalue weighted by Crippen LogP contribution is -1.87. The Labute approximate surface area is 72.5 Å². The second-order valence-corrected chi connectivity index (χ2v) is 2.50. The topological polar surface area (TPSA) is 55.2 Å². The van der Waals surface area contributed by atoms with Crippen LogP contribution < -0.4 is 0 Å². The number of hydrogen-bond donors (Lipinski definition) is 0. The van der Waals surface area contributed by atoms with Crippen LogP contribution in [0.3, 0.4) is 0 Å². The molecule has 0 aliphatic heterocycles. The Bertz CT molecular complexity index is 279. The molecule has 1 rings (SSSR count). The van der Waals surface area contributed by atoms with Gasteiger partial charge < -0.3 is 0 Å². The molecule has 1 heterocycles. The Morgan fingerprint density at radius 1 is 1.36 bits per heavy atom. The molecule has 0 saturated carbocycles. The van der Waals surface area contributed by atoms with Crippen LogP contribution in [0.15, 0.2) is 5.18 Å². The van der Waals surface area contributed by atoms with Crippen LogP contribution in [0, 0.1) is 11.8 Å². The number of rotatable bonds is 1. The van der Waals surface area contributed by atoms with Gasteiger partial charge in [-0.15, -0.1) is 4.91 Å². The van der Waals surface area contributed by atoms with Gasteiger partial charge >= 0.3 is 0 Å². The molecule has 0 amide bonds. The lowest BCUT2D eigenvalue weighted by atomic mass is 10.4. The fourth-order valence-corrected chi connectivity index (χ4v) is 1.11. The van der Waals surface area contributed by atoms with E-state index in [0.717, 1.165) is 0 Å². The molecule has 58 valence electrons. The molecule has 0 fully saturated rings. The van der Waals surface area contributed by atoms with Crippen LogP contribution in [0.25, 0.3) is 0 Å². The van der Waals surface area contributed by atoms with Crippen molar-refractivity contribution in [2.24, 2.45) is 5.18 Å². The van der Waals surface area contributed by atoms with Crippen molar-refractivity contribution in [3.8, 4) is 0 Å². The molecule has 1 aromatic rings. The zero-order chi connectivity index (χ0) is 8.43. The third-order valence-corrected chi connectivity index (χ3v) is 1.51. The molecule has 0 radical (unpaired) electrons. The molecule has 6 heteroatoms. The lowest BCUT2D eigenvalue weighted by molar-refractivity contribution is 1.09. The fraction of sp³-hybridized carbons (Fsp3) is 0.200. The van der Waals surface area contributed by atoms with Gasteiger partial charge in [0.25, 0.3) is 0 Å². The molecule has 0 spiro atoms. The predicted octanol–water partition coefficient (Wildman–Crippen LogP) is 2.49. The molecule has 0 atom stereocenters. The van der Waals surface area contributed by atoms with E-state index in [1.54, 1.807) is 6.92 Å². The van der Waals surface area contributed by atoms with Gasteiger partial charge in [-0.2, -0.15) is 0 Å². The number of aromatic nitrogens is 2. The Morgan fingerprint density at radius 3 is 2.45 bits per heavy atom. The lowest BCUT2D eigenvalue weighted by Gasteiger charge is -1.97. The molecule has 0 unspecified atom stereocenters. The third kappa shape index (κ3) is 1.64. The molecule has 0 saturated heterocycles. The van der Waals surface area contributed by atoms with Crippen LogP contribution >= 0.6 is 23.2 Å². The van der Waals surface area contributed by atoms with Gasteiger partial charge in [0.1, 0.15) is 0 Å². The summed E-state index contributed by atoms with van der Waals surface area (Å²) < 4.78 is 0. The van der Waals surface area contributed by atoms with Crippen molar-refractivity contribution in [1.82, 2.24) is 9.97 Å². The average Bonchev–Trinajstić information content (AvgIpc) is 1.85. The molecule has 0 aliphatic carbocycles. The summed E-state index contributed by atoms with van der Waals surface area (Å²) in [4.78, 5) is 17.3. The molecule has 1 aromatic heterocycles. The van der Waals surface area contributed by atoms with Gasteiger partial charge in [-0.25, -0.2) is 9.97 Å². The maximum atomic E-state index is 10.1. The van der Waals surface area contributed by atoms with Crippen LogP contribution in [0.4, 0.5) is 5.69 Å². The number of aryl methyl sites for hydroxylation is 1. The van der Waals surface area contributed by atoms with Gasteiger partial charge in [-0.3, -0.25) is 0 Å². The summed E-state index contributed by atoms with van der Waals surface area (Å²) in [5.41, 5.74) is 0.418. The van der Waals surface area contributed by atoms with Crippen molar-refractivity contribution in [1.29, 1.82) is 0 Å². The van der Waals surface area contributed by atoms with Crippen LogP contribution in [-0.2, 0) is 0 Å². The number of nitrogens with zero attached hydrogens (tertiary/aromatic N) is 3. The van der Waals surface area contributed by atoms with E-state index in [1.165, 1.54) is 0 Å². The van der Waals surface area contributed by atoms with E-state index in [-0.39, 0.29) is 16.1 Å². The van der Waals surface area contributed by atoms with E-state index in [9.17, 15) is 4.91 Å². The molecule has 0 N–H and O–H groups in total. The first-order valence-electron chi connectivity index (χ1n) is 2.68. The van der Waals surface area contributed by atoms with Gasteiger partial charge in [-0.1, -0.05) is 11.6 Å². The SMILES string of the molecule is Cc1nc(Cl)nc(Cl)c1N=O. The van der Waals surface area contributed by atoms with Crippen molar-refractivity contribution in [3.63, 3.8) is 0 Å². The van der Waals surface area contributed by atoms with Crippen LogP contribution in [0.5, 0.6) is 0 Å². The summed E-state index contributed by atoms with van der Waals surface area (Å²) in [6.07, 6.45) is 0. The highest BCUT2D eigenvalue weighted by atomic mass is 35.5. The maximum absolute atomic E-state index is 10.1. The Morgan fingerprint density at radius 2 is 2.00 bits per heavy atom. The van der Waals surface area contributed by atoms with Gasteiger partial charge in [0.2, 0.25) is 5.28 Å². The summed E-state index contributed by atoms with van der Waals surface area (Å²) >= 11 is 10.9. The minimum absolute atomic E-state index is 0.0138. The van der Waals surface area contributed by atoms with Gasteiger partial charge in [0.15, 0.2) is 10.8 Å². The Hall–Kier alpha value is -0.740. The second kappa shape index (κ2) is 3.11. The maximum Gasteiger partial charge on any atom is 0.224 e. The van der Waals surface area contributed by atoms with Crippen molar-refractivity contribution in [2.75, 3.05) is 0 Å². The molecular formula is C5H3Cl2N3O. The highest BCUT2D eigenvalue weighted by Crippen LogP contribution is 2.25. The number of nitroso groups, excluding NO2 is 1. The van der Waals surface area contributed by atoms with E-state index in [1.807, 2.05) is 0 Å². The largest absolute Gasteiger partial charge is 0.224 e. The standard InChI is InChI=1S/C5H3Cl2N3O/c1-2-3(10-11)4(6)9-5(7)8-2/h1H3.